The Hall–Kier alpha value is -0.120. The van der Waals surface area contributed by atoms with Gasteiger partial charge in [-0.1, -0.05) is 34.6 Å². The maximum atomic E-state index is 5.85. The fourth-order valence-corrected chi connectivity index (χ4v) is 3.39. The van der Waals surface area contributed by atoms with Gasteiger partial charge >= 0.3 is 0 Å². The Bertz CT molecular complexity index is 277. The lowest BCUT2D eigenvalue weighted by Gasteiger charge is -2.48. The molecule has 0 aliphatic carbocycles. The van der Waals surface area contributed by atoms with Crippen molar-refractivity contribution < 1.29 is 4.74 Å². The van der Waals surface area contributed by atoms with E-state index >= 15 is 0 Å². The third kappa shape index (κ3) is 3.93. The van der Waals surface area contributed by atoms with Gasteiger partial charge in [0.25, 0.3) is 0 Å². The summed E-state index contributed by atoms with van der Waals surface area (Å²) in [5, 5.41) is 3.75. The van der Waals surface area contributed by atoms with Crippen LogP contribution in [0.25, 0.3) is 0 Å². The molecule has 0 amide bonds. The van der Waals surface area contributed by atoms with E-state index in [0.29, 0.717) is 29.5 Å². The van der Waals surface area contributed by atoms with Crippen LogP contribution in [0, 0.1) is 11.3 Å². The van der Waals surface area contributed by atoms with Crippen LogP contribution in [-0.4, -0.2) is 49.3 Å². The van der Waals surface area contributed by atoms with Crippen molar-refractivity contribution in [2.45, 2.75) is 65.6 Å². The predicted octanol–water partition coefficient (Wildman–Crippen LogP) is 2.51. The molecule has 0 saturated carbocycles. The van der Waals surface area contributed by atoms with E-state index in [1.54, 1.807) is 0 Å². The minimum atomic E-state index is 0.327. The van der Waals surface area contributed by atoms with E-state index in [9.17, 15) is 0 Å². The van der Waals surface area contributed by atoms with Crippen LogP contribution in [0.4, 0.5) is 0 Å². The quantitative estimate of drug-likeness (QED) is 0.851. The van der Waals surface area contributed by atoms with Crippen molar-refractivity contribution in [3.63, 3.8) is 0 Å². The van der Waals surface area contributed by atoms with E-state index in [4.69, 9.17) is 4.74 Å². The number of nitrogens with one attached hydrogen (secondary N) is 1. The number of hydrogen-bond donors (Lipinski definition) is 1. The summed E-state index contributed by atoms with van der Waals surface area (Å²) in [4.78, 5) is 2.69. The molecule has 0 aromatic rings. The van der Waals surface area contributed by atoms with E-state index in [1.165, 1.54) is 19.4 Å². The van der Waals surface area contributed by atoms with Crippen LogP contribution in [0.2, 0.25) is 0 Å². The van der Waals surface area contributed by atoms with E-state index in [1.807, 2.05) is 0 Å². The Labute approximate surface area is 119 Å². The standard InChI is InChI=1S/C16H32N2O/c1-12(2)14-11-18(10-13-7-6-8-19-13)15(9-17-14)16(3,4)5/h12-15,17H,6-11H2,1-5H3. The molecule has 2 aliphatic heterocycles. The molecule has 19 heavy (non-hydrogen) atoms. The first-order chi connectivity index (χ1) is 8.88. The summed E-state index contributed by atoms with van der Waals surface area (Å²) < 4.78 is 5.85. The second-order valence-corrected chi connectivity index (χ2v) is 7.73. The van der Waals surface area contributed by atoms with Gasteiger partial charge in [0.1, 0.15) is 0 Å². The van der Waals surface area contributed by atoms with Crippen LogP contribution < -0.4 is 5.32 Å². The SMILES string of the molecule is CC(C)C1CN(CC2CCCO2)C(C(C)(C)C)CN1. The highest BCUT2D eigenvalue weighted by atomic mass is 16.5. The minimum absolute atomic E-state index is 0.327. The summed E-state index contributed by atoms with van der Waals surface area (Å²) in [6, 6.07) is 1.24. The lowest BCUT2D eigenvalue weighted by Crippen LogP contribution is -2.62. The number of nitrogens with zero attached hydrogens (tertiary/aromatic N) is 1. The predicted molar refractivity (Wildman–Crippen MR) is 80.4 cm³/mol. The van der Waals surface area contributed by atoms with Crippen molar-refractivity contribution in [2.24, 2.45) is 11.3 Å². The second-order valence-electron chi connectivity index (χ2n) is 7.73. The van der Waals surface area contributed by atoms with Gasteiger partial charge in [-0.2, -0.15) is 0 Å². The minimum Gasteiger partial charge on any atom is -0.377 e. The Morgan fingerprint density at radius 2 is 2.05 bits per heavy atom. The first-order valence-corrected chi connectivity index (χ1v) is 7.97. The van der Waals surface area contributed by atoms with Gasteiger partial charge in [0.15, 0.2) is 0 Å². The Morgan fingerprint density at radius 3 is 2.58 bits per heavy atom. The molecule has 2 heterocycles. The summed E-state index contributed by atoms with van der Waals surface area (Å²) in [7, 11) is 0. The van der Waals surface area contributed by atoms with E-state index in [2.05, 4.69) is 44.8 Å². The van der Waals surface area contributed by atoms with E-state index < -0.39 is 0 Å². The zero-order chi connectivity index (χ0) is 14.0. The molecule has 3 heteroatoms. The third-order valence-electron chi connectivity index (χ3n) is 4.71. The molecule has 1 N–H and O–H groups in total. The number of rotatable bonds is 3. The first-order valence-electron chi connectivity index (χ1n) is 7.97. The molecular weight excluding hydrogens is 236 g/mol. The number of ether oxygens (including phenoxy) is 1. The molecule has 0 aromatic heterocycles. The van der Waals surface area contributed by atoms with Crippen molar-refractivity contribution in [2.75, 3.05) is 26.2 Å². The molecule has 0 bridgehead atoms. The smallest absolute Gasteiger partial charge is 0.0702 e. The topological polar surface area (TPSA) is 24.5 Å². The van der Waals surface area contributed by atoms with Crippen molar-refractivity contribution in [1.82, 2.24) is 10.2 Å². The average Bonchev–Trinajstić information content (AvgIpc) is 2.80. The first kappa shape index (κ1) is 15.3. The van der Waals surface area contributed by atoms with Crippen LogP contribution in [0.5, 0.6) is 0 Å². The maximum Gasteiger partial charge on any atom is 0.0702 e. The van der Waals surface area contributed by atoms with Crippen LogP contribution in [0.1, 0.15) is 47.5 Å². The highest BCUT2D eigenvalue weighted by Gasteiger charge is 2.37. The van der Waals surface area contributed by atoms with E-state index in [-0.39, 0.29) is 0 Å². The monoisotopic (exact) mass is 268 g/mol. The summed E-state index contributed by atoms with van der Waals surface area (Å²) in [6.45, 7) is 16.1. The molecule has 112 valence electrons. The lowest BCUT2D eigenvalue weighted by atomic mass is 9.82. The zero-order valence-corrected chi connectivity index (χ0v) is 13.4. The number of piperazine rings is 1. The number of hydrogen-bond acceptors (Lipinski definition) is 3. The van der Waals surface area contributed by atoms with Crippen LogP contribution in [0.3, 0.4) is 0 Å². The summed E-state index contributed by atoms with van der Waals surface area (Å²) >= 11 is 0. The summed E-state index contributed by atoms with van der Waals surface area (Å²) in [5.74, 6) is 0.702. The van der Waals surface area contributed by atoms with Gasteiger partial charge < -0.3 is 10.1 Å². The van der Waals surface area contributed by atoms with Gasteiger partial charge in [0.2, 0.25) is 0 Å². The molecular formula is C16H32N2O. The molecule has 3 nitrogen and oxygen atoms in total. The molecule has 0 aromatic carbocycles. The van der Waals surface area contributed by atoms with Gasteiger partial charge in [-0.3, -0.25) is 4.90 Å². The molecule has 2 saturated heterocycles. The van der Waals surface area contributed by atoms with Gasteiger partial charge in [-0.05, 0) is 24.2 Å². The fourth-order valence-electron chi connectivity index (χ4n) is 3.39. The average molecular weight is 268 g/mol. The third-order valence-corrected chi connectivity index (χ3v) is 4.71. The summed E-state index contributed by atoms with van der Waals surface area (Å²) in [6.07, 6.45) is 2.95. The highest BCUT2D eigenvalue weighted by Crippen LogP contribution is 2.28. The fraction of sp³-hybridized carbons (Fsp3) is 1.00. The van der Waals surface area contributed by atoms with Crippen molar-refractivity contribution >= 4 is 0 Å². The largest absolute Gasteiger partial charge is 0.377 e. The Balaban J connectivity index is 2.01. The molecule has 2 aliphatic rings. The lowest BCUT2D eigenvalue weighted by molar-refractivity contribution is 0.00103. The molecule has 2 rings (SSSR count). The van der Waals surface area contributed by atoms with Crippen molar-refractivity contribution in [3.05, 3.63) is 0 Å². The molecule has 2 fully saturated rings. The van der Waals surface area contributed by atoms with Gasteiger partial charge in [-0.15, -0.1) is 0 Å². The molecule has 0 spiro atoms. The molecule has 0 radical (unpaired) electrons. The molecule has 3 atom stereocenters. The van der Waals surface area contributed by atoms with Crippen molar-refractivity contribution in [1.29, 1.82) is 0 Å². The van der Waals surface area contributed by atoms with Crippen LogP contribution in [0.15, 0.2) is 0 Å². The molecule has 3 unspecified atom stereocenters. The zero-order valence-electron chi connectivity index (χ0n) is 13.4. The van der Waals surface area contributed by atoms with E-state index in [0.717, 1.165) is 19.7 Å². The summed E-state index contributed by atoms with van der Waals surface area (Å²) in [5.41, 5.74) is 0.327. The van der Waals surface area contributed by atoms with Crippen molar-refractivity contribution in [3.8, 4) is 0 Å². The normalized spacial score (nSPS) is 34.1. The maximum absolute atomic E-state index is 5.85. The van der Waals surface area contributed by atoms with Gasteiger partial charge in [0, 0.05) is 38.3 Å². The van der Waals surface area contributed by atoms with Crippen LogP contribution >= 0.6 is 0 Å². The van der Waals surface area contributed by atoms with Gasteiger partial charge in [0.05, 0.1) is 6.10 Å². The Morgan fingerprint density at radius 1 is 1.32 bits per heavy atom. The van der Waals surface area contributed by atoms with Crippen LogP contribution in [-0.2, 0) is 4.74 Å². The second kappa shape index (κ2) is 6.11. The Kier molecular flexibility index (Phi) is 4.91. The van der Waals surface area contributed by atoms with Gasteiger partial charge in [-0.25, -0.2) is 0 Å². The highest BCUT2D eigenvalue weighted by molar-refractivity contribution is 4.94.